The Kier molecular flexibility index (Phi) is 6.66. The van der Waals surface area contributed by atoms with Crippen LogP contribution >= 0.6 is 23.5 Å². The monoisotopic (exact) mass is 262 g/mol. The van der Waals surface area contributed by atoms with Gasteiger partial charge in [0.25, 0.3) is 0 Å². The second-order valence-corrected chi connectivity index (χ2v) is 7.26. The number of hydrogen-bond donors (Lipinski definition) is 0. The highest BCUT2D eigenvalue weighted by molar-refractivity contribution is 8.21. The van der Waals surface area contributed by atoms with Crippen molar-refractivity contribution >= 4 is 29.5 Å². The van der Waals surface area contributed by atoms with Gasteiger partial charge in [-0.15, -0.1) is 23.5 Å². The Bertz CT molecular complexity index is 213. The van der Waals surface area contributed by atoms with Crippen LogP contribution in [0.5, 0.6) is 0 Å². The van der Waals surface area contributed by atoms with Gasteiger partial charge in [-0.05, 0) is 13.3 Å². The van der Waals surface area contributed by atoms with Crippen LogP contribution in [0.4, 0.5) is 0 Å². The molecule has 0 bridgehead atoms. The number of carbonyl (C=O) groups is 1. The smallest absolute Gasteiger partial charge is 0.308 e. The third-order valence-electron chi connectivity index (χ3n) is 2.69. The van der Waals surface area contributed by atoms with Gasteiger partial charge in [-0.1, -0.05) is 26.2 Å². The fourth-order valence-corrected chi connectivity index (χ4v) is 5.17. The highest BCUT2D eigenvalue weighted by Crippen LogP contribution is 2.50. The average Bonchev–Trinajstić information content (AvgIpc) is 2.67. The Hall–Kier alpha value is 0.170. The molecule has 0 spiro atoms. The molecule has 4 heteroatoms. The summed E-state index contributed by atoms with van der Waals surface area (Å²) in [7, 11) is 0. The molecule has 0 atom stereocenters. The molecule has 1 heterocycles. The van der Waals surface area contributed by atoms with Crippen LogP contribution in [-0.2, 0) is 9.53 Å². The number of unbranched alkanes of at least 4 members (excludes halogenated alkanes) is 2. The molecule has 0 radical (unpaired) electrons. The molecule has 1 aliphatic rings. The summed E-state index contributed by atoms with van der Waals surface area (Å²) in [6.07, 6.45) is 5.47. The average molecular weight is 262 g/mol. The van der Waals surface area contributed by atoms with Crippen molar-refractivity contribution in [3.05, 3.63) is 0 Å². The predicted molar refractivity (Wildman–Crippen MR) is 73.0 cm³/mol. The molecular weight excluding hydrogens is 240 g/mol. The van der Waals surface area contributed by atoms with E-state index < -0.39 is 0 Å². The maximum absolute atomic E-state index is 11.6. The van der Waals surface area contributed by atoms with E-state index in [1.165, 1.54) is 30.8 Å². The summed E-state index contributed by atoms with van der Waals surface area (Å²) < 4.78 is 5.20. The van der Waals surface area contributed by atoms with Crippen molar-refractivity contribution in [2.24, 2.45) is 0 Å². The standard InChI is InChI=1S/C12H22O2S2/c1-3-5-6-7-12(15-8-9-16-12)10-11(13)14-4-2/h3-10H2,1-2H3. The second-order valence-electron chi connectivity index (χ2n) is 4.05. The first kappa shape index (κ1) is 14.2. The molecule has 0 amide bonds. The Morgan fingerprint density at radius 3 is 2.50 bits per heavy atom. The van der Waals surface area contributed by atoms with E-state index >= 15 is 0 Å². The summed E-state index contributed by atoms with van der Waals surface area (Å²) in [6, 6.07) is 0. The first-order valence-electron chi connectivity index (χ1n) is 6.16. The van der Waals surface area contributed by atoms with Crippen molar-refractivity contribution in [3.63, 3.8) is 0 Å². The minimum atomic E-state index is -0.0269. The largest absolute Gasteiger partial charge is 0.466 e. The molecule has 94 valence electrons. The Labute approximate surface area is 107 Å². The van der Waals surface area contributed by atoms with Crippen LogP contribution in [0.3, 0.4) is 0 Å². The number of rotatable bonds is 7. The summed E-state index contributed by atoms with van der Waals surface area (Å²) in [4.78, 5) is 11.6. The molecule has 1 rings (SSSR count). The minimum absolute atomic E-state index is 0.0269. The molecule has 0 saturated carbocycles. The minimum Gasteiger partial charge on any atom is -0.466 e. The normalized spacial score (nSPS) is 18.6. The zero-order valence-electron chi connectivity index (χ0n) is 10.3. The molecule has 0 aromatic carbocycles. The van der Waals surface area contributed by atoms with Crippen LogP contribution < -0.4 is 0 Å². The summed E-state index contributed by atoms with van der Waals surface area (Å²) in [5.41, 5.74) is 0. The highest BCUT2D eigenvalue weighted by Gasteiger charge is 2.37. The number of hydrogen-bond acceptors (Lipinski definition) is 4. The molecule has 0 unspecified atom stereocenters. The van der Waals surface area contributed by atoms with Gasteiger partial charge in [-0.25, -0.2) is 0 Å². The van der Waals surface area contributed by atoms with E-state index in [1.54, 1.807) is 0 Å². The van der Waals surface area contributed by atoms with Gasteiger partial charge < -0.3 is 4.74 Å². The first-order chi connectivity index (χ1) is 7.72. The zero-order valence-corrected chi connectivity index (χ0v) is 11.9. The maximum Gasteiger partial charge on any atom is 0.308 e. The summed E-state index contributed by atoms with van der Waals surface area (Å²) >= 11 is 3.91. The van der Waals surface area contributed by atoms with Crippen LogP contribution in [0.2, 0.25) is 0 Å². The van der Waals surface area contributed by atoms with Crippen LogP contribution in [-0.4, -0.2) is 28.2 Å². The van der Waals surface area contributed by atoms with Gasteiger partial charge in [0.05, 0.1) is 17.1 Å². The van der Waals surface area contributed by atoms with Crippen LogP contribution in [0.25, 0.3) is 0 Å². The quantitative estimate of drug-likeness (QED) is 0.516. The van der Waals surface area contributed by atoms with Gasteiger partial charge >= 0.3 is 5.97 Å². The summed E-state index contributed by atoms with van der Waals surface area (Å²) in [5.74, 6) is 2.33. The lowest BCUT2D eigenvalue weighted by Gasteiger charge is -2.26. The third kappa shape index (κ3) is 4.58. The summed E-state index contributed by atoms with van der Waals surface area (Å²) in [6.45, 7) is 4.59. The fraction of sp³-hybridized carbons (Fsp3) is 0.917. The number of ether oxygens (including phenoxy) is 1. The van der Waals surface area contributed by atoms with Crippen molar-refractivity contribution in [2.75, 3.05) is 18.1 Å². The fourth-order valence-electron chi connectivity index (χ4n) is 1.91. The van der Waals surface area contributed by atoms with Crippen molar-refractivity contribution in [1.82, 2.24) is 0 Å². The predicted octanol–water partition coefficient (Wildman–Crippen LogP) is 3.70. The molecule has 1 saturated heterocycles. The molecule has 2 nitrogen and oxygen atoms in total. The Balaban J connectivity index is 2.41. The van der Waals surface area contributed by atoms with E-state index in [2.05, 4.69) is 6.92 Å². The van der Waals surface area contributed by atoms with Gasteiger partial charge in [0.1, 0.15) is 0 Å². The molecular formula is C12H22O2S2. The van der Waals surface area contributed by atoms with E-state index in [0.717, 1.165) is 6.42 Å². The molecule has 0 aromatic rings. The van der Waals surface area contributed by atoms with Crippen LogP contribution in [0, 0.1) is 0 Å². The second kappa shape index (κ2) is 7.49. The maximum atomic E-state index is 11.6. The van der Waals surface area contributed by atoms with Crippen molar-refractivity contribution in [1.29, 1.82) is 0 Å². The summed E-state index contributed by atoms with van der Waals surface area (Å²) in [5, 5.41) is 0. The molecule has 1 fully saturated rings. The van der Waals surface area contributed by atoms with Crippen LogP contribution in [0.1, 0.15) is 46.0 Å². The lowest BCUT2D eigenvalue weighted by atomic mass is 10.1. The van der Waals surface area contributed by atoms with Crippen LogP contribution in [0.15, 0.2) is 0 Å². The lowest BCUT2D eigenvalue weighted by molar-refractivity contribution is -0.143. The number of carbonyl (C=O) groups excluding carboxylic acids is 1. The van der Waals surface area contributed by atoms with Gasteiger partial charge in [0.15, 0.2) is 0 Å². The molecule has 0 N–H and O–H groups in total. The number of esters is 1. The van der Waals surface area contributed by atoms with Gasteiger partial charge in [0.2, 0.25) is 0 Å². The van der Waals surface area contributed by atoms with Crippen molar-refractivity contribution in [2.45, 2.75) is 50.0 Å². The molecule has 16 heavy (non-hydrogen) atoms. The topological polar surface area (TPSA) is 26.3 Å². The van der Waals surface area contributed by atoms with E-state index in [9.17, 15) is 4.79 Å². The third-order valence-corrected chi connectivity index (χ3v) is 6.22. The zero-order chi connectivity index (χ0) is 11.9. The van der Waals surface area contributed by atoms with Crippen molar-refractivity contribution < 1.29 is 9.53 Å². The number of thioether (sulfide) groups is 2. The van der Waals surface area contributed by atoms with Gasteiger partial charge in [-0.3, -0.25) is 4.79 Å². The van der Waals surface area contributed by atoms with Gasteiger partial charge in [-0.2, -0.15) is 0 Å². The van der Waals surface area contributed by atoms with E-state index in [4.69, 9.17) is 4.74 Å². The van der Waals surface area contributed by atoms with E-state index in [1.807, 2.05) is 30.4 Å². The van der Waals surface area contributed by atoms with Gasteiger partial charge in [0, 0.05) is 11.5 Å². The molecule has 0 aliphatic carbocycles. The van der Waals surface area contributed by atoms with E-state index in [0.29, 0.717) is 13.0 Å². The van der Waals surface area contributed by atoms with E-state index in [-0.39, 0.29) is 10.0 Å². The first-order valence-corrected chi connectivity index (χ1v) is 8.13. The van der Waals surface area contributed by atoms with Crippen molar-refractivity contribution in [3.8, 4) is 0 Å². The Morgan fingerprint density at radius 1 is 1.25 bits per heavy atom. The SMILES string of the molecule is CCCCCC1(CC(=O)OCC)SCCS1. The Morgan fingerprint density at radius 2 is 1.94 bits per heavy atom. The lowest BCUT2D eigenvalue weighted by Crippen LogP contribution is -2.23. The molecule has 1 aliphatic heterocycles. The highest BCUT2D eigenvalue weighted by atomic mass is 32.2. The molecule has 0 aromatic heterocycles.